The molecule has 1 fully saturated rings. The van der Waals surface area contributed by atoms with Crippen molar-refractivity contribution in [2.75, 3.05) is 0 Å². The summed E-state index contributed by atoms with van der Waals surface area (Å²) in [7, 11) is 0. The zero-order chi connectivity index (χ0) is 23.0. The van der Waals surface area contributed by atoms with Crippen molar-refractivity contribution in [2.45, 2.75) is 56.6 Å². The van der Waals surface area contributed by atoms with Crippen LogP contribution in [0.1, 0.15) is 58.9 Å². The molecule has 1 aromatic carbocycles. The van der Waals surface area contributed by atoms with Gasteiger partial charge in [0.1, 0.15) is 17.7 Å². The Hall–Kier alpha value is -2.26. The number of rotatable bonds is 4. The second kappa shape index (κ2) is 8.70. The van der Waals surface area contributed by atoms with E-state index in [1.165, 1.54) is 25.1 Å². The Bertz CT molecular complexity index is 975. The number of alkyl halides is 4. The summed E-state index contributed by atoms with van der Waals surface area (Å²) >= 11 is 5.80. The van der Waals surface area contributed by atoms with Crippen molar-refractivity contribution in [1.82, 2.24) is 10.3 Å². The molecule has 0 aliphatic heterocycles. The number of aromatic nitrogens is 1. The van der Waals surface area contributed by atoms with Gasteiger partial charge in [0.15, 0.2) is 0 Å². The number of nitrogens with one attached hydrogen (secondary N) is 1. The smallest absolute Gasteiger partial charge is 0.387 e. The molecule has 0 bridgehead atoms. The first kappa shape index (κ1) is 23.4. The first-order chi connectivity index (χ1) is 14.4. The third kappa shape index (κ3) is 4.82. The molecule has 1 heterocycles. The predicted molar refractivity (Wildman–Crippen MR) is 104 cm³/mol. The molecule has 3 rings (SSSR count). The van der Waals surface area contributed by atoms with Gasteiger partial charge in [-0.15, -0.1) is 0 Å². The molecule has 2 N–H and O–H groups in total. The molecule has 1 saturated carbocycles. The molecule has 4 nitrogen and oxygen atoms in total. The van der Waals surface area contributed by atoms with E-state index < -0.39 is 52.0 Å². The lowest BCUT2D eigenvalue weighted by Gasteiger charge is -2.41. The van der Waals surface area contributed by atoms with Gasteiger partial charge in [0, 0.05) is 6.20 Å². The maximum absolute atomic E-state index is 14.2. The van der Waals surface area contributed by atoms with Gasteiger partial charge in [-0.2, -0.15) is 13.2 Å². The van der Waals surface area contributed by atoms with Crippen LogP contribution in [0.5, 0.6) is 0 Å². The largest absolute Gasteiger partial charge is 0.417 e. The molecule has 31 heavy (non-hydrogen) atoms. The number of pyridine rings is 1. The maximum atomic E-state index is 14.2. The van der Waals surface area contributed by atoms with Crippen LogP contribution in [0.2, 0.25) is 5.02 Å². The van der Waals surface area contributed by atoms with Crippen LogP contribution in [0.3, 0.4) is 0 Å². The Morgan fingerprint density at radius 2 is 1.94 bits per heavy atom. The highest BCUT2D eigenvalue weighted by atomic mass is 35.5. The van der Waals surface area contributed by atoms with Crippen molar-refractivity contribution in [2.24, 2.45) is 0 Å². The number of carbonyl (C=O) groups excluding carboxylic acids is 1. The summed E-state index contributed by atoms with van der Waals surface area (Å²) in [5.41, 5.74) is -3.17. The number of carbonyl (C=O) groups is 1. The van der Waals surface area contributed by atoms with Crippen molar-refractivity contribution >= 4 is 17.5 Å². The lowest BCUT2D eigenvalue weighted by molar-refractivity contribution is -0.137. The molecule has 1 aliphatic rings. The topological polar surface area (TPSA) is 62.2 Å². The molecule has 10 heteroatoms. The van der Waals surface area contributed by atoms with Crippen LogP contribution in [0.15, 0.2) is 30.5 Å². The SMILES string of the molecule is Cc1c(F)cccc1C(NC(=O)c1nccc(C(F)(F)F)c1Cl)C1(O)CCC(F)CC1. The van der Waals surface area contributed by atoms with Gasteiger partial charge in [0.2, 0.25) is 0 Å². The van der Waals surface area contributed by atoms with E-state index in [-0.39, 0.29) is 36.8 Å². The molecule has 0 spiro atoms. The summed E-state index contributed by atoms with van der Waals surface area (Å²) < 4.78 is 67.3. The lowest BCUT2D eigenvalue weighted by Crippen LogP contribution is -2.49. The molecule has 0 radical (unpaired) electrons. The van der Waals surface area contributed by atoms with Crippen LogP contribution in [-0.4, -0.2) is 27.8 Å². The van der Waals surface area contributed by atoms with E-state index in [0.29, 0.717) is 6.07 Å². The molecular weight excluding hydrogens is 443 g/mol. The van der Waals surface area contributed by atoms with Crippen LogP contribution in [-0.2, 0) is 6.18 Å². The molecule has 1 aromatic heterocycles. The predicted octanol–water partition coefficient (Wildman–Crippen LogP) is 5.32. The number of nitrogens with zero attached hydrogens (tertiary/aromatic N) is 1. The van der Waals surface area contributed by atoms with Gasteiger partial charge in [0.25, 0.3) is 5.91 Å². The second-order valence-electron chi connectivity index (χ2n) is 7.66. The number of hydrogen-bond acceptors (Lipinski definition) is 3. The van der Waals surface area contributed by atoms with Gasteiger partial charge >= 0.3 is 6.18 Å². The van der Waals surface area contributed by atoms with Crippen LogP contribution >= 0.6 is 11.6 Å². The highest BCUT2D eigenvalue weighted by molar-refractivity contribution is 6.34. The minimum Gasteiger partial charge on any atom is -0.387 e. The van der Waals surface area contributed by atoms with Crippen LogP contribution in [0.25, 0.3) is 0 Å². The Morgan fingerprint density at radius 3 is 2.55 bits per heavy atom. The summed E-state index contributed by atoms with van der Waals surface area (Å²) in [6, 6.07) is 3.51. The fourth-order valence-corrected chi connectivity index (χ4v) is 4.13. The summed E-state index contributed by atoms with van der Waals surface area (Å²) in [5.74, 6) is -1.66. The fraction of sp³-hybridized carbons (Fsp3) is 0.429. The Kier molecular flexibility index (Phi) is 6.57. The van der Waals surface area contributed by atoms with Crippen molar-refractivity contribution in [1.29, 1.82) is 0 Å². The lowest BCUT2D eigenvalue weighted by atomic mass is 9.75. The van der Waals surface area contributed by atoms with Crippen LogP contribution < -0.4 is 5.32 Å². The molecular formula is C21H20ClF5N2O2. The third-order valence-electron chi connectivity index (χ3n) is 5.62. The van der Waals surface area contributed by atoms with Gasteiger partial charge in [-0.1, -0.05) is 23.7 Å². The highest BCUT2D eigenvalue weighted by Gasteiger charge is 2.43. The van der Waals surface area contributed by atoms with Crippen LogP contribution in [0.4, 0.5) is 22.0 Å². The second-order valence-corrected chi connectivity index (χ2v) is 8.04. The van der Waals surface area contributed by atoms with Gasteiger partial charge in [-0.05, 0) is 55.9 Å². The Balaban J connectivity index is 2.02. The Morgan fingerprint density at radius 1 is 1.29 bits per heavy atom. The van der Waals surface area contributed by atoms with E-state index in [1.807, 2.05) is 0 Å². The summed E-state index contributed by atoms with van der Waals surface area (Å²) in [4.78, 5) is 16.5. The zero-order valence-electron chi connectivity index (χ0n) is 16.4. The minimum atomic E-state index is -4.80. The number of benzene rings is 1. The van der Waals surface area contributed by atoms with Gasteiger partial charge in [0.05, 0.1) is 22.2 Å². The minimum absolute atomic E-state index is 0.0276. The monoisotopic (exact) mass is 462 g/mol. The summed E-state index contributed by atoms with van der Waals surface area (Å²) in [5, 5.41) is 12.8. The standard InChI is InChI=1S/C21H20ClF5N2O2/c1-11-13(3-2-4-15(11)24)18(20(31)8-5-12(23)6-9-20)29-19(30)17-16(22)14(7-10-28-17)21(25,26)27/h2-4,7,10,12,18,31H,5-6,8-9H2,1H3,(H,29,30). The van der Waals surface area contributed by atoms with Gasteiger partial charge < -0.3 is 10.4 Å². The van der Waals surface area contributed by atoms with E-state index in [1.54, 1.807) is 0 Å². The van der Waals surface area contributed by atoms with Crippen molar-refractivity contribution in [3.05, 3.63) is 63.7 Å². The van der Waals surface area contributed by atoms with E-state index in [0.717, 1.165) is 6.20 Å². The summed E-state index contributed by atoms with van der Waals surface area (Å²) in [6.07, 6.45) is -5.12. The normalized spacial score (nSPS) is 22.8. The van der Waals surface area contributed by atoms with E-state index in [2.05, 4.69) is 10.3 Å². The number of aliphatic hydroxyl groups is 1. The van der Waals surface area contributed by atoms with Crippen molar-refractivity contribution in [3.63, 3.8) is 0 Å². The third-order valence-corrected chi connectivity index (χ3v) is 6.01. The average Bonchev–Trinajstić information content (AvgIpc) is 2.70. The van der Waals surface area contributed by atoms with Gasteiger partial charge in [-0.25, -0.2) is 13.8 Å². The van der Waals surface area contributed by atoms with Crippen molar-refractivity contribution < 1.29 is 31.9 Å². The number of hydrogen-bond donors (Lipinski definition) is 2. The summed E-state index contributed by atoms with van der Waals surface area (Å²) in [6.45, 7) is 1.45. The zero-order valence-corrected chi connectivity index (χ0v) is 17.2. The van der Waals surface area contributed by atoms with E-state index in [9.17, 15) is 31.9 Å². The number of amides is 1. The molecule has 1 aliphatic carbocycles. The average molecular weight is 463 g/mol. The molecule has 1 atom stereocenters. The Labute approximate surface area is 180 Å². The van der Waals surface area contributed by atoms with Crippen LogP contribution in [0, 0.1) is 12.7 Å². The number of halogens is 6. The first-order valence-electron chi connectivity index (χ1n) is 9.58. The fourth-order valence-electron chi connectivity index (χ4n) is 3.83. The van der Waals surface area contributed by atoms with Crippen molar-refractivity contribution in [3.8, 4) is 0 Å². The molecule has 1 unspecified atom stereocenters. The maximum Gasteiger partial charge on any atom is 0.417 e. The van der Waals surface area contributed by atoms with E-state index in [4.69, 9.17) is 11.6 Å². The molecule has 1 amide bonds. The highest BCUT2D eigenvalue weighted by Crippen LogP contribution is 2.41. The first-order valence-corrected chi connectivity index (χ1v) is 9.96. The molecule has 2 aromatic rings. The molecule has 168 valence electrons. The molecule has 0 saturated heterocycles. The van der Waals surface area contributed by atoms with E-state index >= 15 is 0 Å². The quantitative estimate of drug-likeness (QED) is 0.605. The van der Waals surface area contributed by atoms with Gasteiger partial charge in [-0.3, -0.25) is 4.79 Å².